The Labute approximate surface area is 72.0 Å². The van der Waals surface area contributed by atoms with Gasteiger partial charge in [-0.25, -0.2) is 4.39 Å². The van der Waals surface area contributed by atoms with Gasteiger partial charge in [0.15, 0.2) is 5.78 Å². The highest BCUT2D eigenvalue weighted by Crippen LogP contribution is 2.20. The van der Waals surface area contributed by atoms with Gasteiger partial charge in [-0.2, -0.15) is 0 Å². The molecule has 2 heteroatoms. The Hall–Kier alpha value is -0.920. The van der Waals surface area contributed by atoms with Crippen LogP contribution in [0.5, 0.6) is 0 Å². The summed E-state index contributed by atoms with van der Waals surface area (Å²) in [6.07, 6.45) is 6.39. The Morgan fingerprint density at radius 1 is 1.75 bits per heavy atom. The zero-order valence-electron chi connectivity index (χ0n) is 7.22. The molecule has 1 rings (SSSR count). The lowest BCUT2D eigenvalue weighted by molar-refractivity contribution is -0.112. The molecule has 0 amide bonds. The average molecular weight is 168 g/mol. The number of hydrogen-bond acceptors (Lipinski definition) is 1. The van der Waals surface area contributed by atoms with E-state index < -0.39 is 6.17 Å². The molecule has 0 N–H and O–H groups in total. The predicted octanol–water partition coefficient (Wildman–Crippen LogP) is 2.58. The summed E-state index contributed by atoms with van der Waals surface area (Å²) < 4.78 is 12.8. The number of ketones is 1. The second kappa shape index (κ2) is 4.19. The van der Waals surface area contributed by atoms with Gasteiger partial charge in [0.25, 0.3) is 0 Å². The van der Waals surface area contributed by atoms with E-state index >= 15 is 0 Å². The molecule has 1 nitrogen and oxygen atoms in total. The summed E-state index contributed by atoms with van der Waals surface area (Å²) in [5.41, 5.74) is 0.948. The lowest BCUT2D eigenvalue weighted by Gasteiger charge is -2.11. The molecule has 0 fully saturated rings. The van der Waals surface area contributed by atoms with E-state index in [0.717, 1.165) is 18.4 Å². The fourth-order valence-electron chi connectivity index (χ4n) is 1.26. The molecule has 0 aliphatic heterocycles. The maximum Gasteiger partial charge on any atom is 0.152 e. The summed E-state index contributed by atoms with van der Waals surface area (Å²) in [7, 11) is 0. The van der Waals surface area contributed by atoms with Crippen molar-refractivity contribution in [1.29, 1.82) is 0 Å². The smallest absolute Gasteiger partial charge is 0.152 e. The van der Waals surface area contributed by atoms with Crippen LogP contribution in [0.25, 0.3) is 0 Å². The molecule has 1 atom stereocenters. The van der Waals surface area contributed by atoms with E-state index in [9.17, 15) is 9.18 Å². The Balaban J connectivity index is 2.56. The molecule has 0 aromatic carbocycles. The van der Waals surface area contributed by atoms with Crippen molar-refractivity contribution in [2.45, 2.75) is 32.4 Å². The van der Waals surface area contributed by atoms with Crippen LogP contribution in [0, 0.1) is 0 Å². The molecule has 0 radical (unpaired) electrons. The number of rotatable bonds is 2. The maximum atomic E-state index is 12.8. The quantitative estimate of drug-likeness (QED) is 0.579. The number of hydrogen-bond donors (Lipinski definition) is 0. The van der Waals surface area contributed by atoms with Crippen LogP contribution in [0.1, 0.15) is 26.2 Å². The van der Waals surface area contributed by atoms with Crippen LogP contribution in [0.3, 0.4) is 0 Å². The zero-order valence-corrected chi connectivity index (χ0v) is 7.22. The van der Waals surface area contributed by atoms with Crippen LogP contribution in [0.4, 0.5) is 4.39 Å². The van der Waals surface area contributed by atoms with Crippen molar-refractivity contribution in [3.63, 3.8) is 0 Å². The van der Waals surface area contributed by atoms with Crippen LogP contribution < -0.4 is 0 Å². The number of carbonyl (C=O) groups excluding carboxylic acids is 1. The molecule has 0 saturated heterocycles. The molecule has 1 aliphatic rings. The Bertz CT molecular complexity index is 228. The summed E-state index contributed by atoms with van der Waals surface area (Å²) in [6, 6.07) is 0. The van der Waals surface area contributed by atoms with Crippen LogP contribution in [-0.4, -0.2) is 12.0 Å². The first kappa shape index (κ1) is 9.17. The molecule has 0 bridgehead atoms. The highest BCUT2D eigenvalue weighted by molar-refractivity contribution is 5.87. The van der Waals surface area contributed by atoms with Gasteiger partial charge < -0.3 is 0 Å². The molecular formula is C10H13FO. The molecular weight excluding hydrogens is 155 g/mol. The van der Waals surface area contributed by atoms with Gasteiger partial charge >= 0.3 is 0 Å². The van der Waals surface area contributed by atoms with Crippen molar-refractivity contribution in [2.24, 2.45) is 0 Å². The molecule has 0 aromatic rings. The molecule has 0 spiro atoms. The van der Waals surface area contributed by atoms with Gasteiger partial charge in [0.05, 0.1) is 0 Å². The third kappa shape index (κ3) is 2.99. The highest BCUT2D eigenvalue weighted by atomic mass is 19.1. The Morgan fingerprint density at radius 2 is 2.50 bits per heavy atom. The number of alkyl halides is 1. The molecule has 1 unspecified atom stereocenters. The van der Waals surface area contributed by atoms with E-state index in [1.165, 1.54) is 13.0 Å². The van der Waals surface area contributed by atoms with Gasteiger partial charge in [-0.05, 0) is 43.9 Å². The lowest BCUT2D eigenvalue weighted by Crippen LogP contribution is -2.03. The number of carbonyl (C=O) groups is 1. The molecule has 12 heavy (non-hydrogen) atoms. The third-order valence-corrected chi connectivity index (χ3v) is 1.87. The van der Waals surface area contributed by atoms with Crippen molar-refractivity contribution >= 4 is 5.78 Å². The molecule has 0 aromatic heterocycles. The summed E-state index contributed by atoms with van der Waals surface area (Å²) in [6.45, 7) is 1.49. The third-order valence-electron chi connectivity index (χ3n) is 1.87. The standard InChI is InChI=1S/C10H13FO/c1-8(12)5-6-9-3-2-4-10(11)7-9/h5-7,10H,2-4H2,1H3. The Morgan fingerprint density at radius 3 is 3.08 bits per heavy atom. The van der Waals surface area contributed by atoms with E-state index in [-0.39, 0.29) is 5.78 Å². The molecule has 0 saturated carbocycles. The minimum Gasteiger partial charge on any atom is -0.295 e. The van der Waals surface area contributed by atoms with Gasteiger partial charge in [-0.15, -0.1) is 0 Å². The first-order valence-corrected chi connectivity index (χ1v) is 4.22. The normalized spacial score (nSPS) is 24.2. The predicted molar refractivity (Wildman–Crippen MR) is 46.7 cm³/mol. The van der Waals surface area contributed by atoms with Gasteiger partial charge in [-0.1, -0.05) is 6.08 Å². The van der Waals surface area contributed by atoms with Crippen molar-refractivity contribution in [1.82, 2.24) is 0 Å². The van der Waals surface area contributed by atoms with Crippen molar-refractivity contribution in [2.75, 3.05) is 0 Å². The van der Waals surface area contributed by atoms with Crippen LogP contribution in [0.2, 0.25) is 0 Å². The van der Waals surface area contributed by atoms with Crippen molar-refractivity contribution in [3.05, 3.63) is 23.8 Å². The fraction of sp³-hybridized carbons (Fsp3) is 0.500. The first-order valence-electron chi connectivity index (χ1n) is 4.22. The summed E-state index contributed by atoms with van der Waals surface area (Å²) in [5, 5.41) is 0. The SMILES string of the molecule is CC(=O)C=CC1=CC(F)CCC1. The van der Waals surface area contributed by atoms with Crippen LogP contribution in [0.15, 0.2) is 23.8 Å². The van der Waals surface area contributed by atoms with E-state index in [4.69, 9.17) is 0 Å². The second-order valence-electron chi connectivity index (χ2n) is 3.09. The van der Waals surface area contributed by atoms with Crippen molar-refractivity contribution in [3.8, 4) is 0 Å². The van der Waals surface area contributed by atoms with Gasteiger partial charge in [0, 0.05) is 0 Å². The van der Waals surface area contributed by atoms with E-state index in [1.54, 1.807) is 12.2 Å². The molecule has 1 aliphatic carbocycles. The summed E-state index contributed by atoms with van der Waals surface area (Å²) >= 11 is 0. The number of halogens is 1. The number of allylic oxidation sites excluding steroid dienone is 4. The van der Waals surface area contributed by atoms with E-state index in [0.29, 0.717) is 6.42 Å². The van der Waals surface area contributed by atoms with Gasteiger partial charge in [0.1, 0.15) is 6.17 Å². The lowest BCUT2D eigenvalue weighted by atomic mass is 9.98. The first-order chi connectivity index (χ1) is 5.68. The zero-order chi connectivity index (χ0) is 8.97. The highest BCUT2D eigenvalue weighted by Gasteiger charge is 2.09. The Kier molecular flexibility index (Phi) is 3.20. The fourth-order valence-corrected chi connectivity index (χ4v) is 1.26. The van der Waals surface area contributed by atoms with Crippen LogP contribution >= 0.6 is 0 Å². The minimum absolute atomic E-state index is 0.0110. The summed E-state index contributed by atoms with van der Waals surface area (Å²) in [4.78, 5) is 10.6. The van der Waals surface area contributed by atoms with E-state index in [1.807, 2.05) is 0 Å². The molecule has 66 valence electrons. The monoisotopic (exact) mass is 168 g/mol. The van der Waals surface area contributed by atoms with Crippen molar-refractivity contribution < 1.29 is 9.18 Å². The topological polar surface area (TPSA) is 17.1 Å². The van der Waals surface area contributed by atoms with E-state index in [2.05, 4.69) is 0 Å². The van der Waals surface area contributed by atoms with Crippen LogP contribution in [-0.2, 0) is 4.79 Å². The molecule has 0 heterocycles. The summed E-state index contributed by atoms with van der Waals surface area (Å²) in [5.74, 6) is 0.0110. The minimum atomic E-state index is -0.814. The second-order valence-corrected chi connectivity index (χ2v) is 3.09. The van der Waals surface area contributed by atoms with Gasteiger partial charge in [-0.3, -0.25) is 4.79 Å². The maximum absolute atomic E-state index is 12.8. The largest absolute Gasteiger partial charge is 0.295 e. The average Bonchev–Trinajstić information content (AvgIpc) is 2.01. The van der Waals surface area contributed by atoms with Gasteiger partial charge in [0.2, 0.25) is 0 Å².